The van der Waals surface area contributed by atoms with Crippen LogP contribution in [0, 0.1) is 0 Å². The van der Waals surface area contributed by atoms with Gasteiger partial charge in [0.1, 0.15) is 11.5 Å². The molecule has 0 N–H and O–H groups in total. The van der Waals surface area contributed by atoms with E-state index in [4.69, 9.17) is 14.7 Å². The number of hydrogen-bond acceptors (Lipinski definition) is 3. The average molecular weight is 621 g/mol. The van der Waals surface area contributed by atoms with Crippen LogP contribution in [0.3, 0.4) is 0 Å². The van der Waals surface area contributed by atoms with Crippen LogP contribution in [0.5, 0.6) is 11.5 Å². The van der Waals surface area contributed by atoms with Crippen molar-refractivity contribution in [1.29, 1.82) is 0 Å². The first-order chi connectivity index (χ1) is 23.6. The lowest BCUT2D eigenvalue weighted by atomic mass is 9.75. The molecule has 1 aliphatic rings. The Bertz CT molecular complexity index is 2770. The monoisotopic (exact) mass is 620 g/mol. The summed E-state index contributed by atoms with van der Waals surface area (Å²) in [6, 6.07) is 46.8. The molecule has 1 aliphatic heterocycles. The molecule has 48 heavy (non-hydrogen) atoms. The third-order valence-corrected chi connectivity index (χ3v) is 10.2. The maximum Gasteiger partial charge on any atom is 0.220 e. The predicted molar refractivity (Wildman–Crippen MR) is 191 cm³/mol. The highest BCUT2D eigenvalue weighted by molar-refractivity contribution is 5.93. The SMILES string of the molecule is CC1(C)c2cc(-n3c4ccccc4n4c5ccccc5nc34)ccc2Oc2ccc(-n3c4ccccc4n4c5ccccc5nc34)cc21. The van der Waals surface area contributed by atoms with Crippen molar-refractivity contribution >= 4 is 55.7 Å². The second kappa shape index (κ2) is 8.92. The summed E-state index contributed by atoms with van der Waals surface area (Å²) in [5.74, 6) is 3.53. The van der Waals surface area contributed by atoms with Crippen molar-refractivity contribution in [2.45, 2.75) is 19.3 Å². The van der Waals surface area contributed by atoms with E-state index in [1.807, 2.05) is 12.1 Å². The van der Waals surface area contributed by atoms with Crippen molar-refractivity contribution in [1.82, 2.24) is 27.9 Å². The van der Waals surface area contributed by atoms with Gasteiger partial charge in [-0.25, -0.2) is 9.97 Å². The van der Waals surface area contributed by atoms with Gasteiger partial charge in [0.25, 0.3) is 0 Å². The Morgan fingerprint density at radius 1 is 0.458 bits per heavy atom. The fourth-order valence-electron chi connectivity index (χ4n) is 7.94. The zero-order valence-corrected chi connectivity index (χ0v) is 26.3. The van der Waals surface area contributed by atoms with Gasteiger partial charge in [-0.1, -0.05) is 62.4 Å². The second-order valence-electron chi connectivity index (χ2n) is 13.2. The molecule has 0 spiro atoms. The highest BCUT2D eigenvalue weighted by Gasteiger charge is 2.35. The lowest BCUT2D eigenvalue weighted by Gasteiger charge is -2.35. The number of rotatable bonds is 2. The van der Waals surface area contributed by atoms with Gasteiger partial charge in [-0.3, -0.25) is 17.9 Å². The van der Waals surface area contributed by atoms with E-state index in [9.17, 15) is 0 Å². The normalized spacial score (nSPS) is 14.0. The van der Waals surface area contributed by atoms with E-state index >= 15 is 0 Å². The molecular formula is C41H28N6O. The van der Waals surface area contributed by atoms with Crippen molar-refractivity contribution in [3.8, 4) is 22.9 Å². The Labute approximate surface area is 274 Å². The molecular weight excluding hydrogens is 592 g/mol. The molecule has 10 aromatic rings. The van der Waals surface area contributed by atoms with Crippen LogP contribution in [-0.2, 0) is 5.41 Å². The van der Waals surface area contributed by atoms with Crippen LogP contribution < -0.4 is 4.74 Å². The average Bonchev–Trinajstić information content (AvgIpc) is 3.85. The van der Waals surface area contributed by atoms with Gasteiger partial charge in [-0.2, -0.15) is 0 Å². The van der Waals surface area contributed by atoms with Gasteiger partial charge < -0.3 is 4.74 Å². The highest BCUT2D eigenvalue weighted by Crippen LogP contribution is 2.49. The number of nitrogens with zero attached hydrogens (tertiary/aromatic N) is 6. The molecule has 0 fully saturated rings. The van der Waals surface area contributed by atoms with Crippen molar-refractivity contribution < 1.29 is 4.74 Å². The number of benzene rings is 6. The molecule has 0 saturated carbocycles. The van der Waals surface area contributed by atoms with E-state index < -0.39 is 0 Å². The number of ether oxygens (including phenoxy) is 1. The molecule has 4 aromatic heterocycles. The van der Waals surface area contributed by atoms with E-state index in [1.165, 1.54) is 0 Å². The maximum absolute atomic E-state index is 6.64. The molecule has 7 heteroatoms. The number of hydrogen-bond donors (Lipinski definition) is 0. The molecule has 0 unspecified atom stereocenters. The number of para-hydroxylation sites is 8. The summed E-state index contributed by atoms with van der Waals surface area (Å²) in [5, 5.41) is 0. The topological polar surface area (TPSA) is 53.7 Å². The quantitative estimate of drug-likeness (QED) is 0.193. The smallest absolute Gasteiger partial charge is 0.220 e. The van der Waals surface area contributed by atoms with Crippen LogP contribution in [0.15, 0.2) is 133 Å². The van der Waals surface area contributed by atoms with Crippen molar-refractivity contribution in [3.05, 3.63) is 145 Å². The highest BCUT2D eigenvalue weighted by atomic mass is 16.5. The first-order valence-electron chi connectivity index (χ1n) is 16.3. The van der Waals surface area contributed by atoms with Crippen LogP contribution in [0.2, 0.25) is 0 Å². The molecule has 0 radical (unpaired) electrons. The van der Waals surface area contributed by atoms with E-state index in [2.05, 4.69) is 153 Å². The Morgan fingerprint density at radius 2 is 0.854 bits per heavy atom. The lowest BCUT2D eigenvalue weighted by Crippen LogP contribution is -2.25. The van der Waals surface area contributed by atoms with E-state index in [0.717, 1.165) is 89.7 Å². The maximum atomic E-state index is 6.64. The molecule has 0 aliphatic carbocycles. The third-order valence-electron chi connectivity index (χ3n) is 10.2. The minimum absolute atomic E-state index is 0.353. The van der Waals surface area contributed by atoms with Gasteiger partial charge in [-0.05, 0) is 84.9 Å². The Hall–Kier alpha value is -6.34. The van der Waals surface area contributed by atoms with Crippen LogP contribution in [0.25, 0.3) is 67.1 Å². The molecule has 0 amide bonds. The minimum Gasteiger partial charge on any atom is -0.457 e. The van der Waals surface area contributed by atoms with E-state index in [-0.39, 0.29) is 5.41 Å². The third kappa shape index (κ3) is 3.22. The van der Waals surface area contributed by atoms with Gasteiger partial charge in [0.05, 0.1) is 44.1 Å². The first kappa shape index (κ1) is 25.8. The summed E-state index contributed by atoms with van der Waals surface area (Å²) in [7, 11) is 0. The summed E-state index contributed by atoms with van der Waals surface area (Å²) >= 11 is 0. The Kier molecular flexibility index (Phi) is 4.80. The Balaban J connectivity index is 1.11. The van der Waals surface area contributed by atoms with Crippen molar-refractivity contribution in [3.63, 3.8) is 0 Å². The van der Waals surface area contributed by atoms with Gasteiger partial charge in [0.2, 0.25) is 11.6 Å². The summed E-state index contributed by atoms with van der Waals surface area (Å²) < 4.78 is 15.7. The minimum atomic E-state index is -0.353. The Morgan fingerprint density at radius 3 is 1.31 bits per heavy atom. The zero-order valence-electron chi connectivity index (χ0n) is 26.3. The summed E-state index contributed by atoms with van der Waals surface area (Å²) in [4.78, 5) is 10.2. The van der Waals surface area contributed by atoms with E-state index in [0.29, 0.717) is 0 Å². The molecule has 7 nitrogen and oxygen atoms in total. The molecule has 11 rings (SSSR count). The van der Waals surface area contributed by atoms with Crippen LogP contribution in [0.1, 0.15) is 25.0 Å². The van der Waals surface area contributed by atoms with Crippen LogP contribution in [-0.4, -0.2) is 27.9 Å². The summed E-state index contributed by atoms with van der Waals surface area (Å²) in [6.07, 6.45) is 0. The largest absolute Gasteiger partial charge is 0.457 e. The van der Waals surface area contributed by atoms with Gasteiger partial charge in [-0.15, -0.1) is 0 Å². The fraction of sp³-hybridized carbons (Fsp3) is 0.0732. The van der Waals surface area contributed by atoms with Crippen LogP contribution in [0.4, 0.5) is 0 Å². The van der Waals surface area contributed by atoms with Gasteiger partial charge in [0.15, 0.2) is 0 Å². The lowest BCUT2D eigenvalue weighted by molar-refractivity contribution is 0.418. The standard InChI is InChI=1S/C41H28N6O/c1-41(2)27-23-25(44-33-15-7-9-17-35(33)46-31-13-5-3-11-29(31)42-39(44)46)19-21-37(27)48-38-22-20-26(24-28(38)41)45-34-16-8-10-18-36(34)47-32-14-6-4-12-30(32)43-40(45)47/h3-24H,1-2H3. The van der Waals surface area contributed by atoms with Crippen LogP contribution >= 0.6 is 0 Å². The molecule has 6 aromatic carbocycles. The molecule has 5 heterocycles. The summed E-state index contributed by atoms with van der Waals surface area (Å²) in [6.45, 7) is 4.59. The van der Waals surface area contributed by atoms with E-state index in [1.54, 1.807) is 0 Å². The first-order valence-corrected chi connectivity index (χ1v) is 16.3. The summed E-state index contributed by atoms with van der Waals surface area (Å²) in [5.41, 5.74) is 12.6. The molecule has 228 valence electrons. The van der Waals surface area contributed by atoms with Crippen molar-refractivity contribution in [2.24, 2.45) is 0 Å². The second-order valence-corrected chi connectivity index (χ2v) is 13.2. The number of aromatic nitrogens is 6. The van der Waals surface area contributed by atoms with Gasteiger partial charge in [0, 0.05) is 27.9 Å². The number of imidazole rings is 4. The molecule has 0 atom stereocenters. The predicted octanol–water partition coefficient (Wildman–Crippen LogP) is 9.61. The molecule has 0 bridgehead atoms. The van der Waals surface area contributed by atoms with Crippen molar-refractivity contribution in [2.75, 3.05) is 0 Å². The van der Waals surface area contributed by atoms with Gasteiger partial charge >= 0.3 is 0 Å². The molecule has 0 saturated heterocycles. The zero-order chi connectivity index (χ0) is 31.7. The fourth-order valence-corrected chi connectivity index (χ4v) is 7.94. The number of fused-ring (bicyclic) bond motifs is 12.